The van der Waals surface area contributed by atoms with Crippen LogP contribution < -0.4 is 10.1 Å². The number of carbonyl (C=O) groups is 1. The number of aryl methyl sites for hydroxylation is 1. The maximum atomic E-state index is 10.9. The smallest absolute Gasteiger partial charge is 0.216 e. The zero-order valence-electron chi connectivity index (χ0n) is 11.8. The molecule has 0 aliphatic heterocycles. The first kappa shape index (κ1) is 14.1. The summed E-state index contributed by atoms with van der Waals surface area (Å²) in [4.78, 5) is 15.3. The summed E-state index contributed by atoms with van der Waals surface area (Å²) in [6.07, 6.45) is 6.22. The van der Waals surface area contributed by atoms with Gasteiger partial charge in [-0.25, -0.2) is 4.98 Å². The first-order chi connectivity index (χ1) is 9.61. The molecule has 0 saturated carbocycles. The Morgan fingerprint density at radius 2 is 2.40 bits per heavy atom. The Bertz CT molecular complexity index is 631. The molecular weight excluding hydrogens is 254 g/mol. The second-order valence-electron chi connectivity index (χ2n) is 4.64. The molecule has 0 saturated heterocycles. The molecule has 0 radical (unpaired) electrons. The maximum Gasteiger partial charge on any atom is 0.216 e. The molecule has 5 nitrogen and oxygen atoms in total. The van der Waals surface area contributed by atoms with E-state index in [4.69, 9.17) is 4.74 Å². The van der Waals surface area contributed by atoms with Gasteiger partial charge in [-0.3, -0.25) is 4.79 Å². The Morgan fingerprint density at radius 1 is 1.60 bits per heavy atom. The average molecular weight is 273 g/mol. The van der Waals surface area contributed by atoms with E-state index in [1.54, 1.807) is 12.3 Å². The van der Waals surface area contributed by atoms with Crippen molar-refractivity contribution in [3.8, 4) is 5.75 Å². The molecule has 106 valence electrons. The lowest BCUT2D eigenvalue weighted by molar-refractivity contribution is -0.118. The van der Waals surface area contributed by atoms with Gasteiger partial charge in [0.1, 0.15) is 18.0 Å². The number of hydrogen-bond acceptors (Lipinski definition) is 3. The number of rotatable bonds is 6. The molecule has 0 aromatic carbocycles. The first-order valence-electron chi connectivity index (χ1n) is 6.54. The molecule has 20 heavy (non-hydrogen) atoms. The highest BCUT2D eigenvalue weighted by atomic mass is 16.5. The molecule has 2 aromatic heterocycles. The van der Waals surface area contributed by atoms with Crippen LogP contribution in [-0.4, -0.2) is 28.6 Å². The van der Waals surface area contributed by atoms with Gasteiger partial charge in [0.15, 0.2) is 0 Å². The molecule has 0 aliphatic rings. The third-order valence-electron chi connectivity index (χ3n) is 3.01. The van der Waals surface area contributed by atoms with Crippen molar-refractivity contribution in [3.63, 3.8) is 0 Å². The van der Waals surface area contributed by atoms with Crippen molar-refractivity contribution in [2.45, 2.75) is 13.3 Å². The molecule has 2 aromatic rings. The second kappa shape index (κ2) is 6.23. The second-order valence-corrected chi connectivity index (χ2v) is 4.64. The minimum Gasteiger partial charge on any atom is -0.488 e. The molecule has 5 heteroatoms. The maximum absolute atomic E-state index is 10.9. The van der Waals surface area contributed by atoms with Gasteiger partial charge < -0.3 is 14.6 Å². The molecule has 0 bridgehead atoms. The lowest BCUT2D eigenvalue weighted by Crippen LogP contribution is -2.22. The number of fused-ring (bicyclic) bond motifs is 1. The van der Waals surface area contributed by atoms with Gasteiger partial charge in [0.25, 0.3) is 0 Å². The third kappa shape index (κ3) is 3.17. The van der Waals surface area contributed by atoms with Crippen molar-refractivity contribution in [2.24, 2.45) is 7.05 Å². The molecule has 0 spiro atoms. The summed E-state index contributed by atoms with van der Waals surface area (Å²) in [7, 11) is 1.96. The van der Waals surface area contributed by atoms with Crippen molar-refractivity contribution < 1.29 is 9.53 Å². The van der Waals surface area contributed by atoms with Crippen LogP contribution in [0.3, 0.4) is 0 Å². The van der Waals surface area contributed by atoms with Crippen LogP contribution in [0, 0.1) is 0 Å². The van der Waals surface area contributed by atoms with Gasteiger partial charge in [-0.05, 0) is 18.1 Å². The Kier molecular flexibility index (Phi) is 4.40. The van der Waals surface area contributed by atoms with Crippen molar-refractivity contribution in [3.05, 3.63) is 36.7 Å². The van der Waals surface area contributed by atoms with Crippen LogP contribution in [0.5, 0.6) is 5.75 Å². The summed E-state index contributed by atoms with van der Waals surface area (Å²) in [6.45, 7) is 6.22. The standard InChI is InChI=1S/C15H19N3O2/c1-4-7-20-13-8-14-12(5-6-16-11(2)19)10-18(3)15(14)17-9-13/h4,8-10H,1,5-7H2,2-3H3,(H,16,19). The monoisotopic (exact) mass is 273 g/mol. The topological polar surface area (TPSA) is 56.1 Å². The summed E-state index contributed by atoms with van der Waals surface area (Å²) in [5.74, 6) is 0.711. The Morgan fingerprint density at radius 3 is 3.10 bits per heavy atom. The van der Waals surface area contributed by atoms with Crippen LogP contribution in [-0.2, 0) is 18.3 Å². The van der Waals surface area contributed by atoms with Gasteiger partial charge >= 0.3 is 0 Å². The number of ether oxygens (including phenoxy) is 1. The van der Waals surface area contributed by atoms with E-state index in [1.165, 1.54) is 6.92 Å². The van der Waals surface area contributed by atoms with Gasteiger partial charge in [-0.2, -0.15) is 0 Å². The molecule has 2 heterocycles. The van der Waals surface area contributed by atoms with Crippen LogP contribution in [0.4, 0.5) is 0 Å². The molecule has 0 fully saturated rings. The summed E-state index contributed by atoms with van der Waals surface area (Å²) in [5, 5.41) is 3.86. The van der Waals surface area contributed by atoms with Crippen molar-refractivity contribution in [1.82, 2.24) is 14.9 Å². The van der Waals surface area contributed by atoms with Crippen LogP contribution in [0.25, 0.3) is 11.0 Å². The number of aromatic nitrogens is 2. The van der Waals surface area contributed by atoms with E-state index in [0.29, 0.717) is 13.2 Å². The Balaban J connectivity index is 2.24. The van der Waals surface area contributed by atoms with E-state index in [9.17, 15) is 4.79 Å². The van der Waals surface area contributed by atoms with Crippen molar-refractivity contribution >= 4 is 16.9 Å². The van der Waals surface area contributed by atoms with E-state index >= 15 is 0 Å². The summed E-state index contributed by atoms with van der Waals surface area (Å²) >= 11 is 0. The van der Waals surface area contributed by atoms with Gasteiger partial charge in [-0.1, -0.05) is 12.7 Å². The predicted octanol–water partition coefficient (Wildman–Crippen LogP) is 1.82. The van der Waals surface area contributed by atoms with Gasteiger partial charge in [0.05, 0.1) is 6.20 Å². The van der Waals surface area contributed by atoms with Crippen LogP contribution >= 0.6 is 0 Å². The number of carbonyl (C=O) groups excluding carboxylic acids is 1. The molecular formula is C15H19N3O2. The number of nitrogens with one attached hydrogen (secondary N) is 1. The fourth-order valence-corrected chi connectivity index (χ4v) is 2.13. The first-order valence-corrected chi connectivity index (χ1v) is 6.54. The highest BCUT2D eigenvalue weighted by molar-refractivity contribution is 5.82. The van der Waals surface area contributed by atoms with E-state index in [1.807, 2.05) is 23.9 Å². The Labute approximate surface area is 118 Å². The zero-order chi connectivity index (χ0) is 14.5. The molecule has 0 aliphatic carbocycles. The molecule has 0 unspecified atom stereocenters. The predicted molar refractivity (Wildman–Crippen MR) is 78.8 cm³/mol. The number of pyridine rings is 1. The fraction of sp³-hybridized carbons (Fsp3) is 0.333. The average Bonchev–Trinajstić information content (AvgIpc) is 2.73. The highest BCUT2D eigenvalue weighted by Gasteiger charge is 2.09. The summed E-state index contributed by atoms with van der Waals surface area (Å²) in [5.41, 5.74) is 2.06. The Hall–Kier alpha value is -2.30. The van der Waals surface area contributed by atoms with Crippen LogP contribution in [0.2, 0.25) is 0 Å². The molecule has 2 rings (SSSR count). The van der Waals surface area contributed by atoms with Crippen LogP contribution in [0.15, 0.2) is 31.1 Å². The lowest BCUT2D eigenvalue weighted by Gasteiger charge is -2.04. The minimum absolute atomic E-state index is 0.0154. The quantitative estimate of drug-likeness (QED) is 0.817. The van der Waals surface area contributed by atoms with Gasteiger partial charge in [-0.15, -0.1) is 0 Å². The summed E-state index contributed by atoms with van der Waals surface area (Å²) < 4.78 is 7.49. The molecule has 1 amide bonds. The third-order valence-corrected chi connectivity index (χ3v) is 3.01. The van der Waals surface area contributed by atoms with Gasteiger partial charge in [0, 0.05) is 32.1 Å². The van der Waals surface area contributed by atoms with Crippen molar-refractivity contribution in [2.75, 3.05) is 13.2 Å². The van der Waals surface area contributed by atoms with Gasteiger partial charge in [0.2, 0.25) is 5.91 Å². The minimum atomic E-state index is -0.0154. The van der Waals surface area contributed by atoms with E-state index in [-0.39, 0.29) is 5.91 Å². The van der Waals surface area contributed by atoms with E-state index in [2.05, 4.69) is 16.9 Å². The summed E-state index contributed by atoms with van der Waals surface area (Å²) in [6, 6.07) is 1.98. The molecule has 1 N–H and O–H groups in total. The van der Waals surface area contributed by atoms with E-state index in [0.717, 1.165) is 28.8 Å². The largest absolute Gasteiger partial charge is 0.488 e. The van der Waals surface area contributed by atoms with Crippen LogP contribution in [0.1, 0.15) is 12.5 Å². The molecule has 0 atom stereocenters. The van der Waals surface area contributed by atoms with E-state index < -0.39 is 0 Å². The number of nitrogens with zero attached hydrogens (tertiary/aromatic N) is 2. The normalized spacial score (nSPS) is 10.5. The number of amides is 1. The highest BCUT2D eigenvalue weighted by Crippen LogP contribution is 2.23. The lowest BCUT2D eigenvalue weighted by atomic mass is 10.1. The fourth-order valence-electron chi connectivity index (χ4n) is 2.13. The SMILES string of the molecule is C=CCOc1cnc2c(c1)c(CCNC(C)=O)cn2C. The number of hydrogen-bond donors (Lipinski definition) is 1. The van der Waals surface area contributed by atoms with Crippen molar-refractivity contribution in [1.29, 1.82) is 0 Å². The zero-order valence-corrected chi connectivity index (χ0v) is 11.8.